The van der Waals surface area contributed by atoms with E-state index in [-0.39, 0.29) is 11.7 Å². The minimum Gasteiger partial charge on any atom is -0.381 e. The third-order valence-corrected chi connectivity index (χ3v) is 1.55. The van der Waals surface area contributed by atoms with E-state index >= 15 is 0 Å². The Kier molecular flexibility index (Phi) is 7.77. The predicted molar refractivity (Wildman–Crippen MR) is 60.3 cm³/mol. The van der Waals surface area contributed by atoms with Crippen LogP contribution < -0.4 is 22.9 Å². The second-order valence-corrected chi connectivity index (χ2v) is 2.82. The standard InChI is InChI=1S/C8H20N6/c9-3-1-5-13-7(11)8(12)14-6-2-4-10/h1-6,9-10H2,(H2,11,13)(H2,12,14). The maximum atomic E-state index is 5.56. The van der Waals surface area contributed by atoms with Crippen molar-refractivity contribution in [1.82, 2.24) is 0 Å². The molecule has 14 heavy (non-hydrogen) atoms. The Hall–Kier alpha value is -1.14. The number of aliphatic imine (C=N–C) groups is 2. The Morgan fingerprint density at radius 2 is 1.14 bits per heavy atom. The zero-order valence-corrected chi connectivity index (χ0v) is 8.45. The first-order valence-electron chi connectivity index (χ1n) is 4.72. The van der Waals surface area contributed by atoms with E-state index in [4.69, 9.17) is 22.9 Å². The molecule has 0 aromatic rings. The summed E-state index contributed by atoms with van der Waals surface area (Å²) in [6.07, 6.45) is 1.60. The zero-order chi connectivity index (χ0) is 10.8. The fourth-order valence-electron chi connectivity index (χ4n) is 0.744. The molecule has 8 N–H and O–H groups in total. The van der Waals surface area contributed by atoms with E-state index in [1.807, 2.05) is 0 Å². The lowest BCUT2D eigenvalue weighted by Gasteiger charge is -2.00. The van der Waals surface area contributed by atoms with Gasteiger partial charge < -0.3 is 22.9 Å². The van der Waals surface area contributed by atoms with Crippen LogP contribution in [0.25, 0.3) is 0 Å². The van der Waals surface area contributed by atoms with Gasteiger partial charge in [0, 0.05) is 13.1 Å². The van der Waals surface area contributed by atoms with Crippen LogP contribution in [0.3, 0.4) is 0 Å². The van der Waals surface area contributed by atoms with Gasteiger partial charge in [0.2, 0.25) is 0 Å². The summed E-state index contributed by atoms with van der Waals surface area (Å²) in [7, 11) is 0. The third kappa shape index (κ3) is 6.38. The van der Waals surface area contributed by atoms with Crippen LogP contribution >= 0.6 is 0 Å². The Balaban J connectivity index is 3.89. The summed E-state index contributed by atoms with van der Waals surface area (Å²) in [5.41, 5.74) is 21.7. The van der Waals surface area contributed by atoms with E-state index in [0.717, 1.165) is 12.8 Å². The maximum absolute atomic E-state index is 5.56. The van der Waals surface area contributed by atoms with Gasteiger partial charge in [-0.2, -0.15) is 0 Å². The minimum atomic E-state index is 0.287. The SMILES string of the molecule is NCCCN=C(N)C(N)=NCCCN. The van der Waals surface area contributed by atoms with Crippen molar-refractivity contribution in [2.24, 2.45) is 32.9 Å². The normalized spacial score (nSPS) is 13.3. The Morgan fingerprint density at radius 1 is 0.786 bits per heavy atom. The van der Waals surface area contributed by atoms with E-state index in [1.165, 1.54) is 0 Å². The van der Waals surface area contributed by atoms with Gasteiger partial charge in [-0.15, -0.1) is 0 Å². The lowest BCUT2D eigenvalue weighted by atomic mass is 10.4. The lowest BCUT2D eigenvalue weighted by molar-refractivity contribution is 0.840. The molecule has 0 atom stereocenters. The third-order valence-electron chi connectivity index (χ3n) is 1.55. The van der Waals surface area contributed by atoms with Gasteiger partial charge in [0.15, 0.2) is 11.7 Å². The molecule has 6 nitrogen and oxygen atoms in total. The first-order chi connectivity index (χ1) is 6.72. The van der Waals surface area contributed by atoms with Crippen molar-refractivity contribution in [3.63, 3.8) is 0 Å². The van der Waals surface area contributed by atoms with Crippen LogP contribution in [0.1, 0.15) is 12.8 Å². The van der Waals surface area contributed by atoms with Crippen molar-refractivity contribution in [2.45, 2.75) is 12.8 Å². The van der Waals surface area contributed by atoms with Crippen LogP contribution in [0.15, 0.2) is 9.98 Å². The molecule has 0 rings (SSSR count). The zero-order valence-electron chi connectivity index (χ0n) is 8.45. The number of nitrogens with zero attached hydrogens (tertiary/aromatic N) is 2. The van der Waals surface area contributed by atoms with Gasteiger partial charge in [-0.05, 0) is 25.9 Å². The van der Waals surface area contributed by atoms with Crippen LogP contribution in [0.5, 0.6) is 0 Å². The molecule has 0 bridgehead atoms. The highest BCUT2D eigenvalue weighted by molar-refractivity contribution is 6.39. The van der Waals surface area contributed by atoms with Crippen molar-refractivity contribution in [3.05, 3.63) is 0 Å². The van der Waals surface area contributed by atoms with Crippen LogP contribution in [0.4, 0.5) is 0 Å². The van der Waals surface area contributed by atoms with E-state index < -0.39 is 0 Å². The molecule has 0 saturated carbocycles. The van der Waals surface area contributed by atoms with Crippen LogP contribution in [0, 0.1) is 0 Å². The van der Waals surface area contributed by atoms with Gasteiger partial charge in [-0.25, -0.2) is 0 Å². The van der Waals surface area contributed by atoms with Crippen LogP contribution in [0.2, 0.25) is 0 Å². The summed E-state index contributed by atoms with van der Waals surface area (Å²) in [4.78, 5) is 8.04. The summed E-state index contributed by atoms with van der Waals surface area (Å²) >= 11 is 0. The van der Waals surface area contributed by atoms with E-state index in [0.29, 0.717) is 26.2 Å². The number of rotatable bonds is 6. The van der Waals surface area contributed by atoms with Crippen LogP contribution in [-0.2, 0) is 0 Å². The van der Waals surface area contributed by atoms with Crippen molar-refractivity contribution in [3.8, 4) is 0 Å². The van der Waals surface area contributed by atoms with E-state index in [9.17, 15) is 0 Å². The molecule has 0 aliphatic heterocycles. The largest absolute Gasteiger partial charge is 0.381 e. The molecule has 0 unspecified atom stereocenters. The van der Waals surface area contributed by atoms with Gasteiger partial charge in [-0.3, -0.25) is 9.98 Å². The molecule has 0 aliphatic carbocycles. The smallest absolute Gasteiger partial charge is 0.161 e. The van der Waals surface area contributed by atoms with E-state index in [2.05, 4.69) is 9.98 Å². The quantitative estimate of drug-likeness (QED) is 0.234. The summed E-state index contributed by atoms with van der Waals surface area (Å²) in [6.45, 7) is 2.38. The van der Waals surface area contributed by atoms with Gasteiger partial charge in [-0.1, -0.05) is 0 Å². The first-order valence-corrected chi connectivity index (χ1v) is 4.72. The van der Waals surface area contributed by atoms with Crippen LogP contribution in [-0.4, -0.2) is 37.9 Å². The predicted octanol–water partition coefficient (Wildman–Crippen LogP) is -1.60. The molecule has 0 aliphatic rings. The Morgan fingerprint density at radius 3 is 1.43 bits per heavy atom. The van der Waals surface area contributed by atoms with Gasteiger partial charge >= 0.3 is 0 Å². The topological polar surface area (TPSA) is 129 Å². The van der Waals surface area contributed by atoms with Gasteiger partial charge in [0.1, 0.15) is 0 Å². The average molecular weight is 200 g/mol. The second kappa shape index (κ2) is 8.46. The molecule has 82 valence electrons. The summed E-state index contributed by atoms with van der Waals surface area (Å²) in [5.74, 6) is 0.575. The van der Waals surface area contributed by atoms with E-state index in [1.54, 1.807) is 0 Å². The second-order valence-electron chi connectivity index (χ2n) is 2.82. The van der Waals surface area contributed by atoms with Crippen molar-refractivity contribution in [1.29, 1.82) is 0 Å². The number of amidine groups is 2. The number of hydrogen-bond donors (Lipinski definition) is 4. The molecule has 0 spiro atoms. The first kappa shape index (κ1) is 12.9. The summed E-state index contributed by atoms with van der Waals surface area (Å²) in [5, 5.41) is 0. The molecular weight excluding hydrogens is 180 g/mol. The van der Waals surface area contributed by atoms with Gasteiger partial charge in [0.05, 0.1) is 0 Å². The Bertz CT molecular complexity index is 176. The molecule has 0 fully saturated rings. The van der Waals surface area contributed by atoms with Crippen molar-refractivity contribution >= 4 is 11.7 Å². The molecule has 0 aromatic carbocycles. The van der Waals surface area contributed by atoms with Gasteiger partial charge in [0.25, 0.3) is 0 Å². The number of hydrogen-bond acceptors (Lipinski definition) is 4. The fourth-order valence-corrected chi connectivity index (χ4v) is 0.744. The fraction of sp³-hybridized carbons (Fsp3) is 0.750. The molecule has 6 heteroatoms. The van der Waals surface area contributed by atoms with Crippen molar-refractivity contribution in [2.75, 3.05) is 26.2 Å². The monoisotopic (exact) mass is 200 g/mol. The molecule has 0 radical (unpaired) electrons. The molecule has 0 amide bonds. The molecule has 0 heterocycles. The maximum Gasteiger partial charge on any atom is 0.161 e. The minimum absolute atomic E-state index is 0.287. The summed E-state index contributed by atoms with van der Waals surface area (Å²) < 4.78 is 0. The highest BCUT2D eigenvalue weighted by atomic mass is 15.0. The molecule has 0 saturated heterocycles. The molecule has 0 aromatic heterocycles. The summed E-state index contributed by atoms with van der Waals surface area (Å²) in [6, 6.07) is 0. The number of nitrogens with two attached hydrogens (primary N) is 4. The molecular formula is C8H20N6. The Labute approximate surface area is 84.4 Å². The lowest BCUT2D eigenvalue weighted by Crippen LogP contribution is -2.32. The van der Waals surface area contributed by atoms with Crippen molar-refractivity contribution < 1.29 is 0 Å². The highest BCUT2D eigenvalue weighted by Gasteiger charge is 1.96. The highest BCUT2D eigenvalue weighted by Crippen LogP contribution is 1.82. The average Bonchev–Trinajstić information content (AvgIpc) is 2.18.